The minimum atomic E-state index is -0.346. The maximum atomic E-state index is 12.3. The highest BCUT2D eigenvalue weighted by Gasteiger charge is 2.23. The summed E-state index contributed by atoms with van der Waals surface area (Å²) in [5.41, 5.74) is 0.834. The Morgan fingerprint density at radius 1 is 1.23 bits per heavy atom. The van der Waals surface area contributed by atoms with Crippen LogP contribution in [0.5, 0.6) is 0 Å². The Kier molecular flexibility index (Phi) is 5.48. The number of aromatic nitrogens is 2. The molecule has 1 aliphatic rings. The van der Waals surface area contributed by atoms with Crippen LogP contribution in [0.3, 0.4) is 0 Å². The third-order valence-corrected chi connectivity index (χ3v) is 4.53. The number of anilines is 3. The van der Waals surface area contributed by atoms with E-state index in [0.29, 0.717) is 10.8 Å². The van der Waals surface area contributed by atoms with E-state index in [2.05, 4.69) is 25.5 Å². The second kappa shape index (κ2) is 7.79. The van der Waals surface area contributed by atoms with Crippen molar-refractivity contribution in [1.82, 2.24) is 9.97 Å². The van der Waals surface area contributed by atoms with Gasteiger partial charge in [-0.15, -0.1) is 11.3 Å². The first kappa shape index (κ1) is 18.3. The average molecular weight is 375 g/mol. The molecule has 1 fully saturated rings. The lowest BCUT2D eigenvalue weighted by molar-refractivity contribution is -0.114. The van der Waals surface area contributed by atoms with Crippen LogP contribution in [0.2, 0.25) is 0 Å². The largest absolute Gasteiger partial charge is 0.372 e. The van der Waals surface area contributed by atoms with Gasteiger partial charge in [0.05, 0.1) is 24.1 Å². The zero-order valence-electron chi connectivity index (χ0n) is 14.9. The Balaban J connectivity index is 1.62. The van der Waals surface area contributed by atoms with Gasteiger partial charge in [0, 0.05) is 25.4 Å². The number of hydrogen-bond acceptors (Lipinski definition) is 7. The van der Waals surface area contributed by atoms with Gasteiger partial charge in [-0.05, 0) is 26.0 Å². The highest BCUT2D eigenvalue weighted by Crippen LogP contribution is 2.21. The Morgan fingerprint density at radius 3 is 2.58 bits per heavy atom. The van der Waals surface area contributed by atoms with Crippen molar-refractivity contribution in [2.24, 2.45) is 0 Å². The first-order chi connectivity index (χ1) is 12.4. The van der Waals surface area contributed by atoms with Crippen LogP contribution in [0, 0.1) is 0 Å². The van der Waals surface area contributed by atoms with Crippen LogP contribution in [-0.2, 0) is 9.53 Å². The summed E-state index contributed by atoms with van der Waals surface area (Å²) in [4.78, 5) is 34.0. The number of nitrogens with zero attached hydrogens (tertiary/aromatic N) is 3. The van der Waals surface area contributed by atoms with E-state index in [9.17, 15) is 9.59 Å². The average Bonchev–Trinajstić information content (AvgIpc) is 3.02. The second-order valence-electron chi connectivity index (χ2n) is 6.24. The molecule has 2 aromatic heterocycles. The third-order valence-electron chi connectivity index (χ3n) is 3.77. The zero-order valence-corrected chi connectivity index (χ0v) is 15.7. The van der Waals surface area contributed by atoms with Gasteiger partial charge in [0.25, 0.3) is 5.91 Å². The Morgan fingerprint density at radius 2 is 1.96 bits per heavy atom. The Labute approximate surface area is 155 Å². The quantitative estimate of drug-likeness (QED) is 0.852. The molecule has 9 heteroatoms. The second-order valence-corrected chi connectivity index (χ2v) is 7.10. The van der Waals surface area contributed by atoms with E-state index in [-0.39, 0.29) is 29.7 Å². The molecule has 1 aliphatic heterocycles. The molecule has 0 aromatic carbocycles. The first-order valence-electron chi connectivity index (χ1n) is 8.31. The van der Waals surface area contributed by atoms with Crippen molar-refractivity contribution in [3.63, 3.8) is 0 Å². The summed E-state index contributed by atoms with van der Waals surface area (Å²) in [6, 6.07) is 3.69. The van der Waals surface area contributed by atoms with E-state index in [1.54, 1.807) is 11.6 Å². The van der Waals surface area contributed by atoms with Crippen molar-refractivity contribution in [3.05, 3.63) is 29.4 Å². The molecule has 0 aliphatic carbocycles. The van der Waals surface area contributed by atoms with Crippen molar-refractivity contribution < 1.29 is 14.3 Å². The molecule has 26 heavy (non-hydrogen) atoms. The van der Waals surface area contributed by atoms with Crippen molar-refractivity contribution in [3.8, 4) is 0 Å². The molecule has 8 nitrogen and oxygen atoms in total. The van der Waals surface area contributed by atoms with E-state index in [0.717, 1.165) is 18.9 Å². The van der Waals surface area contributed by atoms with Crippen LogP contribution in [0.1, 0.15) is 31.3 Å². The highest BCUT2D eigenvalue weighted by molar-refractivity contribution is 7.14. The van der Waals surface area contributed by atoms with Crippen LogP contribution in [-0.4, -0.2) is 47.1 Å². The van der Waals surface area contributed by atoms with Crippen LogP contribution in [0.15, 0.2) is 23.7 Å². The number of hydrogen-bond donors (Lipinski definition) is 2. The lowest BCUT2D eigenvalue weighted by Crippen LogP contribution is -2.45. The number of carbonyl (C=O) groups is 2. The maximum Gasteiger partial charge on any atom is 0.275 e. The summed E-state index contributed by atoms with van der Waals surface area (Å²) in [5.74, 6) is 0.283. The van der Waals surface area contributed by atoms with Crippen LogP contribution in [0.4, 0.5) is 16.6 Å². The molecule has 2 unspecified atom stereocenters. The molecule has 0 bridgehead atoms. The summed E-state index contributed by atoms with van der Waals surface area (Å²) < 4.78 is 5.73. The molecule has 2 atom stereocenters. The first-order valence-corrected chi connectivity index (χ1v) is 9.19. The minimum absolute atomic E-state index is 0.155. The molecule has 138 valence electrons. The zero-order chi connectivity index (χ0) is 18.7. The summed E-state index contributed by atoms with van der Waals surface area (Å²) in [7, 11) is 0. The molecule has 2 N–H and O–H groups in total. The Hall–Kier alpha value is -2.52. The number of carbonyl (C=O) groups excluding carboxylic acids is 2. The van der Waals surface area contributed by atoms with Gasteiger partial charge in [-0.3, -0.25) is 9.59 Å². The molecule has 2 amide bonds. The fourth-order valence-corrected chi connectivity index (χ4v) is 3.53. The topological polar surface area (TPSA) is 96.5 Å². The van der Waals surface area contributed by atoms with E-state index in [4.69, 9.17) is 4.74 Å². The fraction of sp³-hybridized carbons (Fsp3) is 0.412. The molecule has 0 spiro atoms. The van der Waals surface area contributed by atoms with Gasteiger partial charge in [-0.25, -0.2) is 9.97 Å². The highest BCUT2D eigenvalue weighted by atomic mass is 32.1. The molecule has 0 saturated carbocycles. The van der Waals surface area contributed by atoms with Crippen LogP contribution in [0.25, 0.3) is 0 Å². The molecule has 3 rings (SSSR count). The van der Waals surface area contributed by atoms with E-state index >= 15 is 0 Å². The minimum Gasteiger partial charge on any atom is -0.372 e. The lowest BCUT2D eigenvalue weighted by Gasteiger charge is -2.36. The molecular weight excluding hydrogens is 354 g/mol. The van der Waals surface area contributed by atoms with Crippen molar-refractivity contribution in [1.29, 1.82) is 0 Å². The van der Waals surface area contributed by atoms with Gasteiger partial charge in [0.1, 0.15) is 11.5 Å². The van der Waals surface area contributed by atoms with Gasteiger partial charge in [-0.2, -0.15) is 0 Å². The fourth-order valence-electron chi connectivity index (χ4n) is 2.79. The third kappa shape index (κ3) is 4.55. The molecule has 2 aromatic rings. The number of morpholine rings is 1. The van der Waals surface area contributed by atoms with Gasteiger partial charge in [-0.1, -0.05) is 0 Å². The summed E-state index contributed by atoms with van der Waals surface area (Å²) >= 11 is 1.20. The van der Waals surface area contributed by atoms with Gasteiger partial charge < -0.3 is 20.3 Å². The van der Waals surface area contributed by atoms with E-state index < -0.39 is 0 Å². The maximum absolute atomic E-state index is 12.3. The van der Waals surface area contributed by atoms with Gasteiger partial charge in [0.2, 0.25) is 5.91 Å². The lowest BCUT2D eigenvalue weighted by atomic mass is 10.2. The predicted molar refractivity (Wildman–Crippen MR) is 101 cm³/mol. The van der Waals surface area contributed by atoms with Crippen LogP contribution < -0.4 is 15.5 Å². The van der Waals surface area contributed by atoms with E-state index in [1.807, 2.05) is 26.0 Å². The number of nitrogens with one attached hydrogen (secondary N) is 2. The predicted octanol–water partition coefficient (Wildman–Crippen LogP) is 2.36. The van der Waals surface area contributed by atoms with E-state index in [1.165, 1.54) is 18.3 Å². The number of thiazole rings is 1. The monoisotopic (exact) mass is 375 g/mol. The smallest absolute Gasteiger partial charge is 0.275 e. The van der Waals surface area contributed by atoms with Crippen molar-refractivity contribution >= 4 is 39.8 Å². The Bertz CT molecular complexity index is 782. The number of pyridine rings is 1. The SMILES string of the molecule is CC(=O)Nc1nc(C(=O)Nc2ccc(N3CC(C)OC(C)C3)nc2)cs1. The van der Waals surface area contributed by atoms with Crippen molar-refractivity contribution in [2.45, 2.75) is 33.0 Å². The number of rotatable bonds is 4. The molecular formula is C17H21N5O3S. The van der Waals surface area contributed by atoms with Gasteiger partial charge >= 0.3 is 0 Å². The van der Waals surface area contributed by atoms with Crippen molar-refractivity contribution in [2.75, 3.05) is 28.6 Å². The molecule has 3 heterocycles. The van der Waals surface area contributed by atoms with Gasteiger partial charge in [0.15, 0.2) is 5.13 Å². The number of ether oxygens (including phenoxy) is 1. The summed E-state index contributed by atoms with van der Waals surface area (Å²) in [5, 5.41) is 7.31. The molecule has 0 radical (unpaired) electrons. The van der Waals surface area contributed by atoms with Crippen LogP contribution >= 0.6 is 11.3 Å². The normalized spacial score (nSPS) is 19.9. The summed E-state index contributed by atoms with van der Waals surface area (Å²) in [6.45, 7) is 7.05. The summed E-state index contributed by atoms with van der Waals surface area (Å²) in [6.07, 6.45) is 1.93. The standard InChI is InChI=1S/C17H21N5O3S/c1-10-7-22(8-11(2)25-10)15-5-4-13(6-18-15)20-16(24)14-9-26-17(21-14)19-12(3)23/h4-6,9-11H,7-8H2,1-3H3,(H,20,24)(H,19,21,23). The number of amides is 2. The molecule has 1 saturated heterocycles.